The fourth-order valence-corrected chi connectivity index (χ4v) is 1.56. The Kier molecular flexibility index (Phi) is 16.6. The van der Waals surface area contributed by atoms with E-state index in [2.05, 4.69) is 40.4 Å². The first-order valence-corrected chi connectivity index (χ1v) is 7.45. The highest BCUT2D eigenvalue weighted by Gasteiger charge is 1.89. The normalized spacial score (nSPS) is 11.0. The van der Waals surface area contributed by atoms with Gasteiger partial charge < -0.3 is 26.6 Å². The summed E-state index contributed by atoms with van der Waals surface area (Å²) in [7, 11) is 0. The van der Waals surface area contributed by atoms with Gasteiger partial charge in [0, 0.05) is 52.4 Å². The van der Waals surface area contributed by atoms with E-state index in [1.807, 2.05) is 0 Å². The SMILES string of the molecule is CCCNCCNCCNCCNCCNCC. The molecular weight excluding hydrogens is 226 g/mol. The van der Waals surface area contributed by atoms with Gasteiger partial charge in [-0.25, -0.2) is 0 Å². The van der Waals surface area contributed by atoms with Gasteiger partial charge in [0.15, 0.2) is 0 Å². The van der Waals surface area contributed by atoms with Gasteiger partial charge in [0.2, 0.25) is 0 Å². The van der Waals surface area contributed by atoms with Crippen LogP contribution in [0.2, 0.25) is 0 Å². The van der Waals surface area contributed by atoms with Gasteiger partial charge in [-0.1, -0.05) is 13.8 Å². The van der Waals surface area contributed by atoms with Crippen molar-refractivity contribution in [3.8, 4) is 0 Å². The van der Waals surface area contributed by atoms with Crippen LogP contribution in [0.5, 0.6) is 0 Å². The molecule has 5 heteroatoms. The van der Waals surface area contributed by atoms with Crippen LogP contribution in [0.25, 0.3) is 0 Å². The highest BCUT2D eigenvalue weighted by Crippen LogP contribution is 1.68. The van der Waals surface area contributed by atoms with Crippen molar-refractivity contribution in [1.29, 1.82) is 0 Å². The second-order valence-electron chi connectivity index (χ2n) is 4.35. The molecule has 0 aromatic rings. The van der Waals surface area contributed by atoms with E-state index in [0.29, 0.717) is 0 Å². The van der Waals surface area contributed by atoms with E-state index >= 15 is 0 Å². The van der Waals surface area contributed by atoms with Crippen molar-refractivity contribution in [2.45, 2.75) is 20.3 Å². The molecule has 0 saturated carbocycles. The lowest BCUT2D eigenvalue weighted by atomic mass is 10.4. The average Bonchev–Trinajstić information content (AvgIpc) is 2.39. The molecule has 0 aliphatic heterocycles. The van der Waals surface area contributed by atoms with Gasteiger partial charge in [-0.15, -0.1) is 0 Å². The van der Waals surface area contributed by atoms with E-state index in [4.69, 9.17) is 0 Å². The monoisotopic (exact) mass is 259 g/mol. The van der Waals surface area contributed by atoms with Crippen LogP contribution in [0, 0.1) is 0 Å². The molecule has 5 nitrogen and oxygen atoms in total. The van der Waals surface area contributed by atoms with E-state index in [1.165, 1.54) is 6.42 Å². The van der Waals surface area contributed by atoms with Gasteiger partial charge in [-0.3, -0.25) is 0 Å². The largest absolute Gasteiger partial charge is 0.316 e. The third-order valence-electron chi connectivity index (χ3n) is 2.59. The minimum atomic E-state index is 1.04. The predicted octanol–water partition coefficient (Wildman–Crippen LogP) is -0.636. The van der Waals surface area contributed by atoms with Gasteiger partial charge in [-0.05, 0) is 19.5 Å². The number of nitrogens with one attached hydrogen (secondary N) is 5. The lowest BCUT2D eigenvalue weighted by molar-refractivity contribution is 0.559. The van der Waals surface area contributed by atoms with Gasteiger partial charge >= 0.3 is 0 Å². The molecule has 0 saturated heterocycles. The summed E-state index contributed by atoms with van der Waals surface area (Å²) in [6.07, 6.45) is 1.21. The Bertz CT molecular complexity index is 127. The summed E-state index contributed by atoms with van der Waals surface area (Å²) >= 11 is 0. The van der Waals surface area contributed by atoms with Gasteiger partial charge in [0.05, 0.1) is 0 Å². The molecule has 0 aliphatic rings. The van der Waals surface area contributed by atoms with Gasteiger partial charge in [0.1, 0.15) is 0 Å². The Morgan fingerprint density at radius 3 is 1.11 bits per heavy atom. The van der Waals surface area contributed by atoms with Crippen molar-refractivity contribution in [3.05, 3.63) is 0 Å². The van der Waals surface area contributed by atoms with Crippen LogP contribution in [0.3, 0.4) is 0 Å². The summed E-state index contributed by atoms with van der Waals surface area (Å²) in [5.74, 6) is 0. The van der Waals surface area contributed by atoms with Crippen molar-refractivity contribution < 1.29 is 0 Å². The summed E-state index contributed by atoms with van der Waals surface area (Å²) in [4.78, 5) is 0. The molecule has 0 fully saturated rings. The number of rotatable bonds is 15. The van der Waals surface area contributed by atoms with Crippen LogP contribution in [0.1, 0.15) is 20.3 Å². The van der Waals surface area contributed by atoms with Crippen LogP contribution in [-0.4, -0.2) is 65.4 Å². The number of hydrogen-bond donors (Lipinski definition) is 5. The maximum absolute atomic E-state index is 3.41. The molecule has 0 spiro atoms. The molecule has 0 rings (SSSR count). The maximum Gasteiger partial charge on any atom is 0.00772 e. The molecular formula is C13H33N5. The van der Waals surface area contributed by atoms with Crippen LogP contribution in [0.15, 0.2) is 0 Å². The first-order chi connectivity index (χ1) is 8.91. The zero-order chi connectivity index (χ0) is 13.3. The predicted molar refractivity (Wildman–Crippen MR) is 80.3 cm³/mol. The van der Waals surface area contributed by atoms with Crippen LogP contribution in [0.4, 0.5) is 0 Å². The molecule has 0 aromatic carbocycles. The Morgan fingerprint density at radius 2 is 0.778 bits per heavy atom. The molecule has 0 amide bonds. The maximum atomic E-state index is 3.41. The third-order valence-corrected chi connectivity index (χ3v) is 2.59. The molecule has 5 N–H and O–H groups in total. The van der Waals surface area contributed by atoms with Crippen LogP contribution < -0.4 is 26.6 Å². The summed E-state index contributed by atoms with van der Waals surface area (Å²) < 4.78 is 0. The van der Waals surface area contributed by atoms with Crippen LogP contribution >= 0.6 is 0 Å². The third kappa shape index (κ3) is 15.8. The summed E-state index contributed by atoms with van der Waals surface area (Å²) in [6, 6.07) is 0. The minimum absolute atomic E-state index is 1.04. The Balaban J connectivity index is 2.86. The molecule has 0 atom stereocenters. The van der Waals surface area contributed by atoms with Crippen molar-refractivity contribution in [1.82, 2.24) is 26.6 Å². The van der Waals surface area contributed by atoms with E-state index in [-0.39, 0.29) is 0 Å². The highest BCUT2D eigenvalue weighted by molar-refractivity contribution is 4.57. The number of likely N-dealkylation sites (N-methyl/N-ethyl adjacent to an activating group) is 1. The fourth-order valence-electron chi connectivity index (χ4n) is 1.56. The van der Waals surface area contributed by atoms with Crippen molar-refractivity contribution in [3.63, 3.8) is 0 Å². The zero-order valence-corrected chi connectivity index (χ0v) is 12.3. The summed E-state index contributed by atoms with van der Waals surface area (Å²) in [5, 5.41) is 16.9. The van der Waals surface area contributed by atoms with Crippen molar-refractivity contribution in [2.75, 3.05) is 65.4 Å². The van der Waals surface area contributed by atoms with E-state index in [1.54, 1.807) is 0 Å². The molecule has 0 heterocycles. The standard InChI is InChI=1S/C13H33N5/c1-3-5-15-8-9-17-12-13-18-11-10-16-7-6-14-4-2/h14-18H,3-13H2,1-2H3. The second-order valence-corrected chi connectivity index (χ2v) is 4.35. The Labute approximate surface area is 113 Å². The average molecular weight is 259 g/mol. The lowest BCUT2D eigenvalue weighted by Gasteiger charge is -2.08. The quantitative estimate of drug-likeness (QED) is 0.253. The summed E-state index contributed by atoms with van der Waals surface area (Å²) in [6.45, 7) is 14.9. The van der Waals surface area contributed by atoms with Crippen molar-refractivity contribution in [2.24, 2.45) is 0 Å². The molecule has 0 radical (unpaired) electrons. The Hall–Kier alpha value is -0.200. The highest BCUT2D eigenvalue weighted by atomic mass is 15.0. The van der Waals surface area contributed by atoms with Gasteiger partial charge in [-0.2, -0.15) is 0 Å². The first kappa shape index (κ1) is 17.8. The zero-order valence-electron chi connectivity index (χ0n) is 12.3. The van der Waals surface area contributed by atoms with Crippen LogP contribution in [-0.2, 0) is 0 Å². The lowest BCUT2D eigenvalue weighted by Crippen LogP contribution is -2.36. The first-order valence-electron chi connectivity index (χ1n) is 7.45. The van der Waals surface area contributed by atoms with E-state index in [0.717, 1.165) is 65.4 Å². The summed E-state index contributed by atoms with van der Waals surface area (Å²) in [5.41, 5.74) is 0. The topological polar surface area (TPSA) is 60.1 Å². The Morgan fingerprint density at radius 1 is 0.444 bits per heavy atom. The van der Waals surface area contributed by atoms with E-state index < -0.39 is 0 Å². The smallest absolute Gasteiger partial charge is 0.00772 e. The molecule has 0 bridgehead atoms. The number of hydrogen-bond acceptors (Lipinski definition) is 5. The second kappa shape index (κ2) is 16.8. The van der Waals surface area contributed by atoms with E-state index in [9.17, 15) is 0 Å². The van der Waals surface area contributed by atoms with Gasteiger partial charge in [0.25, 0.3) is 0 Å². The minimum Gasteiger partial charge on any atom is -0.316 e. The fraction of sp³-hybridized carbons (Fsp3) is 1.00. The molecule has 0 unspecified atom stereocenters. The molecule has 0 aromatic heterocycles. The van der Waals surface area contributed by atoms with Crippen molar-refractivity contribution >= 4 is 0 Å². The molecule has 110 valence electrons. The molecule has 18 heavy (non-hydrogen) atoms. The molecule has 0 aliphatic carbocycles.